The maximum Gasteiger partial charge on any atom is 0.272 e. The monoisotopic (exact) mass is 443 g/mol. The van der Waals surface area contributed by atoms with Crippen molar-refractivity contribution in [1.29, 1.82) is 0 Å². The van der Waals surface area contributed by atoms with E-state index in [2.05, 4.69) is 14.9 Å². The Hall–Kier alpha value is -1.93. The molecule has 4 aliphatic rings. The van der Waals surface area contributed by atoms with E-state index in [4.69, 9.17) is 4.74 Å². The second-order valence-corrected chi connectivity index (χ2v) is 9.99. The predicted molar refractivity (Wildman–Crippen MR) is 120 cm³/mol. The lowest BCUT2D eigenvalue weighted by molar-refractivity contribution is -0.135. The van der Waals surface area contributed by atoms with Gasteiger partial charge in [-0.2, -0.15) is 5.10 Å². The van der Waals surface area contributed by atoms with Crippen LogP contribution in [0.3, 0.4) is 0 Å². The van der Waals surface area contributed by atoms with Gasteiger partial charge in [-0.25, -0.2) is 0 Å². The number of hydrogen-bond donors (Lipinski definition) is 0. The molecular weight excluding hydrogens is 406 g/mol. The van der Waals surface area contributed by atoms with Gasteiger partial charge in [-0.15, -0.1) is 0 Å². The molecule has 5 rings (SSSR count). The van der Waals surface area contributed by atoms with Crippen molar-refractivity contribution in [3.8, 4) is 0 Å². The standard InChI is InChI=1S/C24H37N5O3/c1-26-21(9-10-25-26)24(31)29-17-18-5-3-11-28-12-4-6-19(23(18)28)20(29)7-2-8-22(30)27-13-15-32-16-14-27/h9-10,18-20,23H,2-8,11-17H2,1H3/t18-,19+,20+,23-/m0/s1. The average molecular weight is 444 g/mol. The van der Waals surface area contributed by atoms with E-state index in [0.29, 0.717) is 56.3 Å². The molecule has 4 atom stereocenters. The highest BCUT2D eigenvalue weighted by Crippen LogP contribution is 2.43. The van der Waals surface area contributed by atoms with Gasteiger partial charge in [0.15, 0.2) is 0 Å². The van der Waals surface area contributed by atoms with E-state index in [1.807, 2.05) is 18.0 Å². The van der Waals surface area contributed by atoms with Crippen LogP contribution in [0.4, 0.5) is 0 Å². The topological polar surface area (TPSA) is 70.9 Å². The van der Waals surface area contributed by atoms with Gasteiger partial charge >= 0.3 is 0 Å². The summed E-state index contributed by atoms with van der Waals surface area (Å²) in [6, 6.07) is 2.65. The average Bonchev–Trinajstić information content (AvgIpc) is 3.26. The van der Waals surface area contributed by atoms with Crippen molar-refractivity contribution in [3.63, 3.8) is 0 Å². The summed E-state index contributed by atoms with van der Waals surface area (Å²) in [5.41, 5.74) is 0.668. The fourth-order valence-corrected chi connectivity index (χ4v) is 6.76. The minimum absolute atomic E-state index is 0.107. The molecule has 1 aromatic rings. The zero-order valence-electron chi connectivity index (χ0n) is 19.3. The normalized spacial score (nSPS) is 30.8. The van der Waals surface area contributed by atoms with Crippen LogP contribution in [0.5, 0.6) is 0 Å². The number of likely N-dealkylation sites (tertiary alicyclic amines) is 1. The van der Waals surface area contributed by atoms with Gasteiger partial charge in [0.1, 0.15) is 5.69 Å². The van der Waals surface area contributed by atoms with E-state index in [1.165, 1.54) is 38.8 Å². The van der Waals surface area contributed by atoms with Crippen LogP contribution in [0.2, 0.25) is 0 Å². The smallest absolute Gasteiger partial charge is 0.272 e. The number of rotatable bonds is 5. The molecule has 0 N–H and O–H groups in total. The highest BCUT2D eigenvalue weighted by molar-refractivity contribution is 5.92. The molecule has 4 fully saturated rings. The van der Waals surface area contributed by atoms with Crippen LogP contribution in [0.1, 0.15) is 55.4 Å². The Morgan fingerprint density at radius 2 is 1.91 bits per heavy atom. The van der Waals surface area contributed by atoms with E-state index < -0.39 is 0 Å². The first-order valence-electron chi connectivity index (χ1n) is 12.5. The minimum Gasteiger partial charge on any atom is -0.378 e. The number of carbonyl (C=O) groups excluding carboxylic acids is 2. The van der Waals surface area contributed by atoms with Gasteiger partial charge < -0.3 is 14.5 Å². The number of piperidine rings is 3. The zero-order valence-corrected chi connectivity index (χ0v) is 19.3. The number of carbonyl (C=O) groups is 2. The first kappa shape index (κ1) is 21.9. The van der Waals surface area contributed by atoms with Crippen LogP contribution in [0.15, 0.2) is 12.3 Å². The van der Waals surface area contributed by atoms with Crippen LogP contribution in [-0.2, 0) is 16.6 Å². The van der Waals surface area contributed by atoms with Crippen molar-refractivity contribution in [1.82, 2.24) is 24.5 Å². The lowest BCUT2D eigenvalue weighted by atomic mass is 9.69. The summed E-state index contributed by atoms with van der Waals surface area (Å²) in [4.78, 5) is 33.1. The SMILES string of the molecule is Cn1nccc1C(=O)N1C[C@@H]2CCCN3CCC[C@@H]([C@H]23)[C@H]1CCCC(=O)N1CCOCC1. The lowest BCUT2D eigenvalue weighted by Gasteiger charge is -2.57. The Labute approximate surface area is 190 Å². The van der Waals surface area contributed by atoms with Gasteiger partial charge in [0.2, 0.25) is 5.91 Å². The van der Waals surface area contributed by atoms with Gasteiger partial charge in [-0.3, -0.25) is 19.2 Å². The maximum absolute atomic E-state index is 13.6. The van der Waals surface area contributed by atoms with Gasteiger partial charge in [-0.1, -0.05) is 0 Å². The van der Waals surface area contributed by atoms with Crippen molar-refractivity contribution in [3.05, 3.63) is 18.0 Å². The van der Waals surface area contributed by atoms with Crippen molar-refractivity contribution in [2.75, 3.05) is 45.9 Å². The van der Waals surface area contributed by atoms with E-state index in [0.717, 1.165) is 19.4 Å². The molecule has 1 aromatic heterocycles. The number of aryl methyl sites for hydroxylation is 1. The van der Waals surface area contributed by atoms with Crippen molar-refractivity contribution in [2.24, 2.45) is 18.9 Å². The number of ether oxygens (including phenoxy) is 1. The Balaban J connectivity index is 1.32. The molecule has 4 aliphatic heterocycles. The van der Waals surface area contributed by atoms with Crippen LogP contribution in [0.25, 0.3) is 0 Å². The Morgan fingerprint density at radius 3 is 2.66 bits per heavy atom. The lowest BCUT2D eigenvalue weighted by Crippen LogP contribution is -2.65. The third-order valence-electron chi connectivity index (χ3n) is 8.23. The molecule has 0 spiro atoms. The first-order chi connectivity index (χ1) is 15.6. The fraction of sp³-hybridized carbons (Fsp3) is 0.792. The van der Waals surface area contributed by atoms with E-state index >= 15 is 0 Å². The van der Waals surface area contributed by atoms with Gasteiger partial charge in [0.05, 0.1) is 13.2 Å². The molecule has 5 heterocycles. The van der Waals surface area contributed by atoms with Crippen molar-refractivity contribution < 1.29 is 14.3 Å². The van der Waals surface area contributed by atoms with Crippen molar-refractivity contribution >= 4 is 11.8 Å². The molecular formula is C24H37N5O3. The molecule has 2 amide bonds. The van der Waals surface area contributed by atoms with Crippen LogP contribution >= 0.6 is 0 Å². The molecule has 0 aliphatic carbocycles. The molecule has 8 heteroatoms. The van der Waals surface area contributed by atoms with Crippen LogP contribution < -0.4 is 0 Å². The van der Waals surface area contributed by atoms with E-state index in [9.17, 15) is 9.59 Å². The molecule has 0 radical (unpaired) electrons. The van der Waals surface area contributed by atoms with Gasteiger partial charge in [0, 0.05) is 51.4 Å². The summed E-state index contributed by atoms with van der Waals surface area (Å²) in [6.45, 7) is 5.93. The maximum atomic E-state index is 13.6. The molecule has 0 bridgehead atoms. The Morgan fingerprint density at radius 1 is 1.12 bits per heavy atom. The highest BCUT2D eigenvalue weighted by Gasteiger charge is 2.49. The number of nitrogens with zero attached hydrogens (tertiary/aromatic N) is 5. The largest absolute Gasteiger partial charge is 0.378 e. The summed E-state index contributed by atoms with van der Waals surface area (Å²) in [5.74, 6) is 1.42. The zero-order chi connectivity index (χ0) is 22.1. The number of aromatic nitrogens is 2. The summed E-state index contributed by atoms with van der Waals surface area (Å²) in [7, 11) is 1.85. The summed E-state index contributed by atoms with van der Waals surface area (Å²) in [5, 5.41) is 4.24. The Bertz CT molecular complexity index is 818. The highest BCUT2D eigenvalue weighted by atomic mass is 16.5. The number of amides is 2. The second-order valence-electron chi connectivity index (χ2n) is 9.99. The quantitative estimate of drug-likeness (QED) is 0.694. The van der Waals surface area contributed by atoms with Gasteiger partial charge in [0.25, 0.3) is 5.91 Å². The number of morpholine rings is 1. The summed E-state index contributed by atoms with van der Waals surface area (Å²) in [6.07, 6.45) is 8.87. The first-order valence-corrected chi connectivity index (χ1v) is 12.5. The molecule has 0 aromatic carbocycles. The third-order valence-corrected chi connectivity index (χ3v) is 8.23. The van der Waals surface area contributed by atoms with E-state index in [-0.39, 0.29) is 17.9 Å². The molecule has 176 valence electrons. The summed E-state index contributed by atoms with van der Waals surface area (Å²) >= 11 is 0. The van der Waals surface area contributed by atoms with Crippen LogP contribution in [-0.4, -0.2) is 94.3 Å². The molecule has 8 nitrogen and oxygen atoms in total. The number of hydrogen-bond acceptors (Lipinski definition) is 5. The molecule has 4 saturated heterocycles. The van der Waals surface area contributed by atoms with Crippen LogP contribution in [0, 0.1) is 11.8 Å². The third kappa shape index (κ3) is 4.19. The second kappa shape index (κ2) is 9.51. The molecule has 0 unspecified atom stereocenters. The minimum atomic E-state index is 0.107. The molecule has 32 heavy (non-hydrogen) atoms. The van der Waals surface area contributed by atoms with Gasteiger partial charge in [-0.05, 0) is 69.5 Å². The molecule has 0 saturated carbocycles. The van der Waals surface area contributed by atoms with E-state index in [1.54, 1.807) is 10.9 Å². The summed E-state index contributed by atoms with van der Waals surface area (Å²) < 4.78 is 7.08. The van der Waals surface area contributed by atoms with Crippen molar-refractivity contribution in [2.45, 2.75) is 57.0 Å². The Kier molecular flexibility index (Phi) is 6.51. The predicted octanol–water partition coefficient (Wildman–Crippen LogP) is 1.76. The fourth-order valence-electron chi connectivity index (χ4n) is 6.76.